The minimum atomic E-state index is -0.892. The van der Waals surface area contributed by atoms with Gasteiger partial charge in [0.15, 0.2) is 6.61 Å². The first-order valence-corrected chi connectivity index (χ1v) is 7.36. The van der Waals surface area contributed by atoms with E-state index < -0.39 is 12.0 Å². The second kappa shape index (κ2) is 6.69. The molecule has 1 aromatic heterocycles. The van der Waals surface area contributed by atoms with Crippen molar-refractivity contribution in [2.75, 3.05) is 32.9 Å². The van der Waals surface area contributed by atoms with Crippen molar-refractivity contribution in [1.82, 2.24) is 9.88 Å². The highest BCUT2D eigenvalue weighted by molar-refractivity contribution is 5.90. The lowest BCUT2D eigenvalue weighted by Gasteiger charge is -2.31. The van der Waals surface area contributed by atoms with Gasteiger partial charge in [-0.05, 0) is 18.2 Å². The maximum atomic E-state index is 11.8. The molecule has 2 N–H and O–H groups in total. The van der Waals surface area contributed by atoms with Crippen LogP contribution < -0.4 is 4.74 Å². The monoisotopic (exact) mass is 315 g/mol. The molecule has 1 fully saturated rings. The average molecular weight is 315 g/mol. The van der Waals surface area contributed by atoms with Gasteiger partial charge in [0.05, 0.1) is 13.2 Å². The van der Waals surface area contributed by atoms with Crippen molar-refractivity contribution in [3.8, 4) is 11.8 Å². The molecule has 3 rings (SSSR count). The SMILES string of the molecule is N#CCOc1ccc2[nH]cc([C@H](C(=O)O)N3CCOCC3)c2c1. The fourth-order valence-corrected chi connectivity index (χ4v) is 2.87. The number of rotatable bonds is 5. The Morgan fingerprint density at radius 3 is 2.96 bits per heavy atom. The molecule has 0 bridgehead atoms. The molecule has 7 nitrogen and oxygen atoms in total. The van der Waals surface area contributed by atoms with Gasteiger partial charge >= 0.3 is 5.97 Å². The molecule has 0 amide bonds. The largest absolute Gasteiger partial charge is 0.480 e. The smallest absolute Gasteiger partial charge is 0.325 e. The summed E-state index contributed by atoms with van der Waals surface area (Å²) in [5.74, 6) is -0.345. The third-order valence-corrected chi connectivity index (χ3v) is 3.93. The minimum Gasteiger partial charge on any atom is -0.480 e. The topological polar surface area (TPSA) is 98.6 Å². The van der Waals surface area contributed by atoms with Crippen LogP contribution in [0.3, 0.4) is 0 Å². The van der Waals surface area contributed by atoms with Gasteiger partial charge in [-0.15, -0.1) is 0 Å². The molecule has 1 aliphatic rings. The van der Waals surface area contributed by atoms with Crippen LogP contribution in [0.5, 0.6) is 5.75 Å². The van der Waals surface area contributed by atoms with Crippen LogP contribution in [0, 0.1) is 11.3 Å². The number of ether oxygens (including phenoxy) is 2. The summed E-state index contributed by atoms with van der Waals surface area (Å²) < 4.78 is 10.6. The van der Waals surface area contributed by atoms with Gasteiger partial charge < -0.3 is 19.6 Å². The number of nitrogens with zero attached hydrogens (tertiary/aromatic N) is 2. The number of nitrogens with one attached hydrogen (secondary N) is 1. The number of aromatic nitrogens is 1. The van der Waals surface area contributed by atoms with Crippen LogP contribution in [0.25, 0.3) is 10.9 Å². The molecule has 0 saturated carbocycles. The first kappa shape index (κ1) is 15.3. The van der Waals surface area contributed by atoms with Gasteiger partial charge in [0, 0.05) is 35.8 Å². The summed E-state index contributed by atoms with van der Waals surface area (Å²) in [5.41, 5.74) is 1.53. The van der Waals surface area contributed by atoms with Gasteiger partial charge in [0.1, 0.15) is 17.9 Å². The summed E-state index contributed by atoms with van der Waals surface area (Å²) in [6.45, 7) is 2.17. The molecule has 7 heteroatoms. The zero-order chi connectivity index (χ0) is 16.2. The lowest BCUT2D eigenvalue weighted by Crippen LogP contribution is -2.42. The Labute approximate surface area is 133 Å². The molecule has 0 unspecified atom stereocenters. The van der Waals surface area contributed by atoms with E-state index in [9.17, 15) is 9.90 Å². The molecule has 2 aromatic rings. The van der Waals surface area contributed by atoms with Gasteiger partial charge in [0.2, 0.25) is 0 Å². The van der Waals surface area contributed by atoms with E-state index in [1.54, 1.807) is 18.3 Å². The number of hydrogen-bond donors (Lipinski definition) is 2. The summed E-state index contributed by atoms with van der Waals surface area (Å²) in [6, 6.07) is 6.53. The standard InChI is InChI=1S/C16H17N3O4/c17-3-6-23-11-1-2-14-12(9-11)13(10-18-14)15(16(20)21)19-4-7-22-8-5-19/h1-2,9-10,15,18H,4-8H2,(H,20,21)/t15-/m1/s1. The molecule has 1 aliphatic heterocycles. The molecule has 1 saturated heterocycles. The Bertz CT molecular complexity index is 743. The highest BCUT2D eigenvalue weighted by atomic mass is 16.5. The lowest BCUT2D eigenvalue weighted by atomic mass is 10.0. The van der Waals surface area contributed by atoms with Gasteiger partial charge in [0.25, 0.3) is 0 Å². The Hall–Kier alpha value is -2.56. The number of hydrogen-bond acceptors (Lipinski definition) is 5. The number of aliphatic carboxylic acids is 1. The molecule has 1 atom stereocenters. The molecule has 120 valence electrons. The van der Waals surface area contributed by atoms with Crippen molar-refractivity contribution >= 4 is 16.9 Å². The first-order chi connectivity index (χ1) is 11.2. The van der Waals surface area contributed by atoms with E-state index in [2.05, 4.69) is 4.98 Å². The Balaban J connectivity index is 1.98. The van der Waals surface area contributed by atoms with Crippen molar-refractivity contribution < 1.29 is 19.4 Å². The van der Waals surface area contributed by atoms with E-state index in [4.69, 9.17) is 14.7 Å². The molecule has 2 heterocycles. The van der Waals surface area contributed by atoms with E-state index in [1.807, 2.05) is 17.0 Å². The van der Waals surface area contributed by atoms with E-state index in [-0.39, 0.29) is 6.61 Å². The van der Waals surface area contributed by atoms with Crippen LogP contribution in [-0.4, -0.2) is 53.9 Å². The minimum absolute atomic E-state index is 0.0446. The van der Waals surface area contributed by atoms with E-state index in [0.29, 0.717) is 37.6 Å². The first-order valence-electron chi connectivity index (χ1n) is 7.36. The molecule has 0 spiro atoms. The van der Waals surface area contributed by atoms with Crippen LogP contribution in [0.4, 0.5) is 0 Å². The van der Waals surface area contributed by atoms with Crippen LogP contribution >= 0.6 is 0 Å². The van der Waals surface area contributed by atoms with Crippen LogP contribution in [-0.2, 0) is 9.53 Å². The highest BCUT2D eigenvalue weighted by Crippen LogP contribution is 2.31. The maximum absolute atomic E-state index is 11.8. The molecule has 0 radical (unpaired) electrons. The number of fused-ring (bicyclic) bond motifs is 1. The van der Waals surface area contributed by atoms with Gasteiger partial charge in [-0.2, -0.15) is 5.26 Å². The second-order valence-electron chi connectivity index (χ2n) is 5.29. The predicted molar refractivity (Wildman–Crippen MR) is 82.2 cm³/mol. The quantitative estimate of drug-likeness (QED) is 0.868. The molecular weight excluding hydrogens is 298 g/mol. The third-order valence-electron chi connectivity index (χ3n) is 3.93. The number of nitriles is 1. The molecule has 0 aliphatic carbocycles. The number of carboxylic acid groups (broad SMARTS) is 1. The zero-order valence-electron chi connectivity index (χ0n) is 12.5. The lowest BCUT2D eigenvalue weighted by molar-refractivity contribution is -0.145. The number of morpholine rings is 1. The van der Waals surface area contributed by atoms with Crippen molar-refractivity contribution in [3.05, 3.63) is 30.0 Å². The van der Waals surface area contributed by atoms with E-state index >= 15 is 0 Å². The van der Waals surface area contributed by atoms with Gasteiger partial charge in [-0.1, -0.05) is 0 Å². The fraction of sp³-hybridized carbons (Fsp3) is 0.375. The number of benzene rings is 1. The predicted octanol–water partition coefficient (Wildman–Crippen LogP) is 1.53. The molecule has 23 heavy (non-hydrogen) atoms. The summed E-state index contributed by atoms with van der Waals surface area (Å²) in [5, 5.41) is 19.1. The second-order valence-corrected chi connectivity index (χ2v) is 5.29. The van der Waals surface area contributed by atoms with Crippen LogP contribution in [0.2, 0.25) is 0 Å². The zero-order valence-corrected chi connectivity index (χ0v) is 12.5. The number of H-pyrrole nitrogens is 1. The van der Waals surface area contributed by atoms with E-state index in [1.165, 1.54) is 0 Å². The van der Waals surface area contributed by atoms with Gasteiger partial charge in [-0.3, -0.25) is 9.69 Å². The van der Waals surface area contributed by atoms with Crippen LogP contribution in [0.1, 0.15) is 11.6 Å². The van der Waals surface area contributed by atoms with E-state index in [0.717, 1.165) is 10.9 Å². The van der Waals surface area contributed by atoms with Crippen LogP contribution in [0.15, 0.2) is 24.4 Å². The Kier molecular flexibility index (Phi) is 4.46. The fourth-order valence-electron chi connectivity index (χ4n) is 2.87. The normalized spacial score (nSPS) is 16.8. The summed E-state index contributed by atoms with van der Waals surface area (Å²) >= 11 is 0. The number of aromatic amines is 1. The number of carboxylic acids is 1. The summed E-state index contributed by atoms with van der Waals surface area (Å²) in [7, 11) is 0. The maximum Gasteiger partial charge on any atom is 0.325 e. The van der Waals surface area contributed by atoms with Crippen molar-refractivity contribution in [3.63, 3.8) is 0 Å². The highest BCUT2D eigenvalue weighted by Gasteiger charge is 2.30. The van der Waals surface area contributed by atoms with Crippen molar-refractivity contribution in [2.45, 2.75) is 6.04 Å². The van der Waals surface area contributed by atoms with Crippen molar-refractivity contribution in [2.24, 2.45) is 0 Å². The summed E-state index contributed by atoms with van der Waals surface area (Å²) in [6.07, 6.45) is 1.73. The molecular formula is C16H17N3O4. The Morgan fingerprint density at radius 2 is 2.26 bits per heavy atom. The van der Waals surface area contributed by atoms with Gasteiger partial charge in [-0.25, -0.2) is 0 Å². The number of carbonyl (C=O) groups is 1. The third kappa shape index (κ3) is 3.13. The average Bonchev–Trinajstić information content (AvgIpc) is 2.97. The Morgan fingerprint density at radius 1 is 1.48 bits per heavy atom. The molecule has 1 aromatic carbocycles. The van der Waals surface area contributed by atoms with Crippen molar-refractivity contribution in [1.29, 1.82) is 5.26 Å². The summed E-state index contributed by atoms with van der Waals surface area (Å²) in [4.78, 5) is 16.8.